The van der Waals surface area contributed by atoms with Crippen molar-refractivity contribution in [3.8, 4) is 5.75 Å². The summed E-state index contributed by atoms with van der Waals surface area (Å²) in [5.41, 5.74) is 3.16. The topological polar surface area (TPSA) is 50.3 Å². The maximum Gasteiger partial charge on any atom is 0.154 e. The zero-order valence-corrected chi connectivity index (χ0v) is 19.9. The number of benzene rings is 3. The van der Waals surface area contributed by atoms with Crippen molar-refractivity contribution in [2.75, 3.05) is 31.5 Å². The first-order valence-electron chi connectivity index (χ1n) is 11.9. The van der Waals surface area contributed by atoms with Crippen molar-refractivity contribution in [2.45, 2.75) is 20.5 Å². The van der Waals surface area contributed by atoms with Crippen LogP contribution in [0.3, 0.4) is 0 Å². The number of nitrogens with zero attached hydrogens (tertiary/aromatic N) is 3. The number of hydrogen-bond donors (Lipinski definition) is 1. The number of ether oxygens (including phenoxy) is 1. The summed E-state index contributed by atoms with van der Waals surface area (Å²) >= 11 is 0. The Labute approximate surface area is 202 Å². The molecule has 4 rings (SSSR count). The van der Waals surface area contributed by atoms with E-state index in [0.717, 1.165) is 59.8 Å². The molecule has 0 aliphatic carbocycles. The summed E-state index contributed by atoms with van der Waals surface area (Å²) in [7, 11) is 0. The number of nitrogens with one attached hydrogen (secondary N) is 1. The Morgan fingerprint density at radius 3 is 2.32 bits per heavy atom. The van der Waals surface area contributed by atoms with E-state index in [0.29, 0.717) is 12.4 Å². The van der Waals surface area contributed by atoms with Gasteiger partial charge < -0.3 is 15.0 Å². The van der Waals surface area contributed by atoms with Gasteiger partial charge in [0.1, 0.15) is 18.2 Å². The summed E-state index contributed by atoms with van der Waals surface area (Å²) in [6, 6.07) is 26.4. The summed E-state index contributed by atoms with van der Waals surface area (Å²) < 4.78 is 5.88. The van der Waals surface area contributed by atoms with Crippen molar-refractivity contribution in [3.05, 3.63) is 95.8 Å². The summed E-state index contributed by atoms with van der Waals surface area (Å²) in [6.07, 6.45) is 3.99. The Morgan fingerprint density at radius 2 is 1.56 bits per heavy atom. The Kier molecular flexibility index (Phi) is 8.25. The number of likely N-dealkylation sites (N-methyl/N-ethyl adjacent to an activating group) is 1. The minimum atomic E-state index is 0.561. The fourth-order valence-electron chi connectivity index (χ4n) is 3.76. The van der Waals surface area contributed by atoms with E-state index in [1.54, 1.807) is 0 Å². The molecule has 5 heteroatoms. The molecule has 0 saturated heterocycles. The molecule has 5 nitrogen and oxygen atoms in total. The van der Waals surface area contributed by atoms with E-state index in [1.807, 2.05) is 72.8 Å². The van der Waals surface area contributed by atoms with Gasteiger partial charge in [-0.3, -0.25) is 0 Å². The van der Waals surface area contributed by atoms with Crippen LogP contribution in [0.1, 0.15) is 30.8 Å². The average Bonchev–Trinajstić information content (AvgIpc) is 2.90. The molecule has 0 spiro atoms. The number of anilines is 1. The van der Waals surface area contributed by atoms with Crippen molar-refractivity contribution in [3.63, 3.8) is 0 Å². The van der Waals surface area contributed by atoms with Crippen LogP contribution in [0, 0.1) is 0 Å². The van der Waals surface area contributed by atoms with Gasteiger partial charge in [0.15, 0.2) is 5.82 Å². The molecule has 0 unspecified atom stereocenters. The third kappa shape index (κ3) is 6.42. The third-order valence-corrected chi connectivity index (χ3v) is 5.79. The minimum Gasteiger partial charge on any atom is -0.489 e. The SMILES string of the molecule is CCN(CC)CCNc1nc(C=Cc2ccc(OCc3ccccc3)cc2)nc2ccccc12. The summed E-state index contributed by atoms with van der Waals surface area (Å²) in [4.78, 5) is 11.9. The number of aromatic nitrogens is 2. The number of hydrogen-bond acceptors (Lipinski definition) is 5. The molecular formula is C29H32N4O. The average molecular weight is 453 g/mol. The lowest BCUT2D eigenvalue weighted by Gasteiger charge is -2.18. The molecule has 0 bridgehead atoms. The van der Waals surface area contributed by atoms with Gasteiger partial charge in [0.25, 0.3) is 0 Å². The van der Waals surface area contributed by atoms with Crippen molar-refractivity contribution < 1.29 is 4.74 Å². The van der Waals surface area contributed by atoms with Crippen LogP contribution >= 0.6 is 0 Å². The van der Waals surface area contributed by atoms with Crippen LogP contribution in [0.2, 0.25) is 0 Å². The van der Waals surface area contributed by atoms with Crippen LogP contribution in [0.25, 0.3) is 23.1 Å². The van der Waals surface area contributed by atoms with Gasteiger partial charge in [0, 0.05) is 18.5 Å². The highest BCUT2D eigenvalue weighted by Crippen LogP contribution is 2.21. The van der Waals surface area contributed by atoms with E-state index in [4.69, 9.17) is 14.7 Å². The Bertz CT molecular complexity index is 1200. The first-order chi connectivity index (χ1) is 16.7. The first-order valence-corrected chi connectivity index (χ1v) is 11.9. The molecule has 0 saturated carbocycles. The van der Waals surface area contributed by atoms with Gasteiger partial charge in [-0.15, -0.1) is 0 Å². The van der Waals surface area contributed by atoms with Gasteiger partial charge in [-0.05, 0) is 54.6 Å². The second-order valence-corrected chi connectivity index (χ2v) is 8.08. The maximum absolute atomic E-state index is 5.88. The van der Waals surface area contributed by atoms with Gasteiger partial charge in [-0.25, -0.2) is 9.97 Å². The molecule has 0 amide bonds. The van der Waals surface area contributed by atoms with E-state index in [2.05, 4.69) is 42.3 Å². The van der Waals surface area contributed by atoms with E-state index in [-0.39, 0.29) is 0 Å². The van der Waals surface area contributed by atoms with E-state index >= 15 is 0 Å². The van der Waals surface area contributed by atoms with Crippen LogP contribution in [0.4, 0.5) is 5.82 Å². The monoisotopic (exact) mass is 452 g/mol. The van der Waals surface area contributed by atoms with Gasteiger partial charge >= 0.3 is 0 Å². The normalized spacial score (nSPS) is 11.4. The van der Waals surface area contributed by atoms with Crippen LogP contribution in [-0.2, 0) is 6.61 Å². The standard InChI is InChI=1S/C29H32N4O/c1-3-33(4-2)21-20-30-29-26-12-8-9-13-27(26)31-28(32-29)19-16-23-14-17-25(18-15-23)34-22-24-10-6-5-7-11-24/h5-19H,3-4,20-22H2,1-2H3,(H,30,31,32). The molecule has 34 heavy (non-hydrogen) atoms. The highest BCUT2D eigenvalue weighted by molar-refractivity contribution is 5.90. The van der Waals surface area contributed by atoms with Gasteiger partial charge in [0.2, 0.25) is 0 Å². The molecule has 3 aromatic carbocycles. The van der Waals surface area contributed by atoms with E-state index < -0.39 is 0 Å². The molecule has 0 aliphatic heterocycles. The van der Waals surface area contributed by atoms with Crippen LogP contribution < -0.4 is 10.1 Å². The lowest BCUT2D eigenvalue weighted by Crippen LogP contribution is -2.28. The van der Waals surface area contributed by atoms with Gasteiger partial charge in [0.05, 0.1) is 5.52 Å². The van der Waals surface area contributed by atoms with Crippen LogP contribution in [0.5, 0.6) is 5.75 Å². The van der Waals surface area contributed by atoms with Gasteiger partial charge in [-0.2, -0.15) is 0 Å². The number of para-hydroxylation sites is 1. The predicted molar refractivity (Wildman–Crippen MR) is 142 cm³/mol. The second-order valence-electron chi connectivity index (χ2n) is 8.08. The van der Waals surface area contributed by atoms with Crippen molar-refractivity contribution in [1.29, 1.82) is 0 Å². The molecule has 1 N–H and O–H groups in total. The van der Waals surface area contributed by atoms with Crippen molar-refractivity contribution >= 4 is 28.9 Å². The van der Waals surface area contributed by atoms with E-state index in [9.17, 15) is 0 Å². The Hall–Kier alpha value is -3.70. The lowest BCUT2D eigenvalue weighted by molar-refractivity contribution is 0.306. The fraction of sp³-hybridized carbons (Fsp3) is 0.241. The summed E-state index contributed by atoms with van der Waals surface area (Å²) in [5.74, 6) is 2.41. The van der Waals surface area contributed by atoms with Crippen LogP contribution in [0.15, 0.2) is 78.9 Å². The van der Waals surface area contributed by atoms with Crippen LogP contribution in [-0.4, -0.2) is 41.0 Å². The molecule has 1 aromatic heterocycles. The summed E-state index contributed by atoms with van der Waals surface area (Å²) in [5, 5.41) is 4.56. The molecular weight excluding hydrogens is 420 g/mol. The lowest BCUT2D eigenvalue weighted by atomic mass is 10.2. The largest absolute Gasteiger partial charge is 0.489 e. The first kappa shape index (κ1) is 23.5. The quantitative estimate of drug-likeness (QED) is 0.296. The molecule has 0 fully saturated rings. The Balaban J connectivity index is 1.44. The zero-order valence-electron chi connectivity index (χ0n) is 19.9. The van der Waals surface area contributed by atoms with Gasteiger partial charge in [-0.1, -0.05) is 74.5 Å². The minimum absolute atomic E-state index is 0.561. The molecule has 174 valence electrons. The highest BCUT2D eigenvalue weighted by atomic mass is 16.5. The number of rotatable bonds is 11. The van der Waals surface area contributed by atoms with Crippen molar-refractivity contribution in [1.82, 2.24) is 14.9 Å². The molecule has 0 radical (unpaired) electrons. The molecule has 4 aromatic rings. The predicted octanol–water partition coefficient (Wildman–Crippen LogP) is 6.13. The molecule has 0 aliphatic rings. The third-order valence-electron chi connectivity index (χ3n) is 5.79. The number of fused-ring (bicyclic) bond motifs is 1. The zero-order chi connectivity index (χ0) is 23.6. The smallest absolute Gasteiger partial charge is 0.154 e. The fourth-order valence-corrected chi connectivity index (χ4v) is 3.76. The highest BCUT2D eigenvalue weighted by Gasteiger charge is 2.07. The second kappa shape index (κ2) is 12.0. The van der Waals surface area contributed by atoms with E-state index in [1.165, 1.54) is 0 Å². The Morgan fingerprint density at radius 1 is 0.824 bits per heavy atom. The maximum atomic E-state index is 5.88. The summed E-state index contributed by atoms with van der Waals surface area (Å²) in [6.45, 7) is 8.86. The molecule has 1 heterocycles. The molecule has 0 atom stereocenters. The van der Waals surface area contributed by atoms with Crippen molar-refractivity contribution in [2.24, 2.45) is 0 Å².